The van der Waals surface area contributed by atoms with Crippen molar-refractivity contribution in [3.8, 4) is 0 Å². The summed E-state index contributed by atoms with van der Waals surface area (Å²) >= 11 is 0. The Morgan fingerprint density at radius 3 is 2.68 bits per heavy atom. The summed E-state index contributed by atoms with van der Waals surface area (Å²) in [6.07, 6.45) is 2.61. The minimum absolute atomic E-state index is 0.00551. The molecule has 3 rings (SSSR count). The van der Waals surface area contributed by atoms with Crippen molar-refractivity contribution in [1.82, 2.24) is 4.90 Å². The van der Waals surface area contributed by atoms with Gasteiger partial charge in [-0.05, 0) is 24.3 Å². The minimum atomic E-state index is -0.763. The third kappa shape index (κ3) is 1.88. The molecule has 1 heterocycles. The Balaban J connectivity index is 1.93. The molecular weight excluding hydrogens is 238 g/mol. The van der Waals surface area contributed by atoms with Gasteiger partial charge in [-0.15, -0.1) is 0 Å². The molecule has 4 atom stereocenters. The molecule has 1 aliphatic carbocycles. The molecule has 1 N–H and O–H groups in total. The lowest BCUT2D eigenvalue weighted by Crippen LogP contribution is -2.46. The van der Waals surface area contributed by atoms with Crippen LogP contribution in [0.3, 0.4) is 0 Å². The highest BCUT2D eigenvalue weighted by Crippen LogP contribution is 2.40. The Hall–Kier alpha value is -1.35. The molecule has 0 bridgehead atoms. The maximum atomic E-state index is 12.5. The Morgan fingerprint density at radius 2 is 1.95 bits per heavy atom. The zero-order chi connectivity index (χ0) is 13.6. The summed E-state index contributed by atoms with van der Waals surface area (Å²) in [5, 5.41) is 10.5. The highest BCUT2D eigenvalue weighted by Gasteiger charge is 2.43. The van der Waals surface area contributed by atoms with E-state index in [0.717, 1.165) is 18.4 Å². The summed E-state index contributed by atoms with van der Waals surface area (Å²) < 4.78 is 0. The van der Waals surface area contributed by atoms with Crippen LogP contribution in [0.5, 0.6) is 0 Å². The molecule has 0 saturated heterocycles. The summed E-state index contributed by atoms with van der Waals surface area (Å²) in [4.78, 5) is 14.2. The molecule has 1 aromatic rings. The van der Waals surface area contributed by atoms with Crippen molar-refractivity contribution in [2.75, 3.05) is 0 Å². The lowest BCUT2D eigenvalue weighted by molar-refractivity contribution is -0.0305. The average molecular weight is 259 g/mol. The normalized spacial score (nSPS) is 34.5. The van der Waals surface area contributed by atoms with E-state index in [1.807, 2.05) is 24.3 Å². The standard InChI is InChI=1S/C16H21NO2/c1-10-6-5-9-14(11(10)2)17-15(18)12-7-3-4-8-13(12)16(17)19/h3-4,7-8,10-11,14-15,18H,5-6,9H2,1-2H3/t10-,11+,14-,15+/m0/s1. The van der Waals surface area contributed by atoms with Crippen LogP contribution in [0.4, 0.5) is 0 Å². The largest absolute Gasteiger partial charge is 0.369 e. The van der Waals surface area contributed by atoms with Crippen LogP contribution in [0.15, 0.2) is 24.3 Å². The van der Waals surface area contributed by atoms with E-state index in [1.54, 1.807) is 4.90 Å². The first-order valence-corrected chi connectivity index (χ1v) is 7.21. The zero-order valence-corrected chi connectivity index (χ0v) is 11.5. The molecule has 0 radical (unpaired) electrons. The minimum Gasteiger partial charge on any atom is -0.369 e. The number of aliphatic hydroxyl groups is 1. The number of hydrogen-bond donors (Lipinski definition) is 1. The molecule has 1 aliphatic heterocycles. The Kier molecular flexibility index (Phi) is 3.09. The Bertz CT molecular complexity index is 499. The summed E-state index contributed by atoms with van der Waals surface area (Å²) in [6, 6.07) is 7.58. The zero-order valence-electron chi connectivity index (χ0n) is 11.5. The van der Waals surface area contributed by atoms with Crippen LogP contribution in [0, 0.1) is 11.8 Å². The first kappa shape index (κ1) is 12.7. The number of amides is 1. The van der Waals surface area contributed by atoms with Gasteiger partial charge in [-0.1, -0.05) is 44.9 Å². The second kappa shape index (κ2) is 4.64. The van der Waals surface area contributed by atoms with Gasteiger partial charge in [-0.3, -0.25) is 4.79 Å². The first-order valence-electron chi connectivity index (χ1n) is 7.21. The first-order chi connectivity index (χ1) is 9.11. The van der Waals surface area contributed by atoms with Crippen LogP contribution < -0.4 is 0 Å². The maximum Gasteiger partial charge on any atom is 0.256 e. The quantitative estimate of drug-likeness (QED) is 0.842. The second-order valence-corrected chi connectivity index (χ2v) is 6.01. The average Bonchev–Trinajstić information content (AvgIpc) is 2.67. The fourth-order valence-corrected chi connectivity index (χ4v) is 3.60. The molecule has 1 amide bonds. The molecule has 2 aliphatic rings. The van der Waals surface area contributed by atoms with Crippen LogP contribution in [0.1, 0.15) is 55.3 Å². The van der Waals surface area contributed by atoms with E-state index in [9.17, 15) is 9.90 Å². The highest BCUT2D eigenvalue weighted by molar-refractivity contribution is 5.99. The number of aliphatic hydroxyl groups excluding tert-OH is 1. The lowest BCUT2D eigenvalue weighted by atomic mass is 9.77. The number of carbonyl (C=O) groups excluding carboxylic acids is 1. The maximum absolute atomic E-state index is 12.5. The number of carbonyl (C=O) groups is 1. The smallest absolute Gasteiger partial charge is 0.256 e. The van der Waals surface area contributed by atoms with Crippen LogP contribution in [0.25, 0.3) is 0 Å². The third-order valence-electron chi connectivity index (χ3n) is 4.99. The van der Waals surface area contributed by atoms with Crippen molar-refractivity contribution in [3.05, 3.63) is 35.4 Å². The van der Waals surface area contributed by atoms with Gasteiger partial charge < -0.3 is 10.0 Å². The molecule has 1 aromatic carbocycles. The van der Waals surface area contributed by atoms with Gasteiger partial charge in [0.05, 0.1) is 0 Å². The fraction of sp³-hybridized carbons (Fsp3) is 0.562. The topological polar surface area (TPSA) is 40.5 Å². The molecule has 1 fully saturated rings. The SMILES string of the molecule is C[C@@H]1[C@@H](C)CCC[C@@H]1N1C(=O)c2ccccc2[C@H]1O. The summed E-state index contributed by atoms with van der Waals surface area (Å²) in [7, 11) is 0. The van der Waals surface area contributed by atoms with E-state index in [-0.39, 0.29) is 11.9 Å². The van der Waals surface area contributed by atoms with E-state index < -0.39 is 6.23 Å². The number of hydrogen-bond acceptors (Lipinski definition) is 2. The van der Waals surface area contributed by atoms with Gasteiger partial charge >= 0.3 is 0 Å². The van der Waals surface area contributed by atoms with E-state index >= 15 is 0 Å². The van der Waals surface area contributed by atoms with Gasteiger partial charge in [0, 0.05) is 17.2 Å². The van der Waals surface area contributed by atoms with E-state index in [0.29, 0.717) is 17.4 Å². The lowest BCUT2D eigenvalue weighted by Gasteiger charge is -2.41. The molecule has 0 spiro atoms. The number of nitrogens with zero attached hydrogens (tertiary/aromatic N) is 1. The van der Waals surface area contributed by atoms with Gasteiger partial charge in [0.1, 0.15) is 0 Å². The van der Waals surface area contributed by atoms with E-state index in [1.165, 1.54) is 6.42 Å². The van der Waals surface area contributed by atoms with Crippen molar-refractivity contribution in [2.24, 2.45) is 11.8 Å². The van der Waals surface area contributed by atoms with E-state index in [4.69, 9.17) is 0 Å². The third-order valence-corrected chi connectivity index (χ3v) is 4.99. The summed E-state index contributed by atoms with van der Waals surface area (Å²) in [6.45, 7) is 4.45. The van der Waals surface area contributed by atoms with Gasteiger partial charge in [-0.2, -0.15) is 0 Å². The molecule has 1 saturated carbocycles. The second-order valence-electron chi connectivity index (χ2n) is 6.01. The van der Waals surface area contributed by atoms with Crippen molar-refractivity contribution in [3.63, 3.8) is 0 Å². The van der Waals surface area contributed by atoms with Crippen LogP contribution >= 0.6 is 0 Å². The predicted octanol–water partition coefficient (Wildman–Crippen LogP) is 2.96. The van der Waals surface area contributed by atoms with Crippen LogP contribution in [-0.4, -0.2) is 22.0 Å². The van der Waals surface area contributed by atoms with Crippen LogP contribution in [0.2, 0.25) is 0 Å². The van der Waals surface area contributed by atoms with Crippen molar-refractivity contribution in [2.45, 2.75) is 45.4 Å². The molecule has 3 heteroatoms. The van der Waals surface area contributed by atoms with Crippen molar-refractivity contribution >= 4 is 5.91 Å². The molecular formula is C16H21NO2. The van der Waals surface area contributed by atoms with Gasteiger partial charge in [0.2, 0.25) is 0 Å². The fourth-order valence-electron chi connectivity index (χ4n) is 3.60. The molecule has 3 nitrogen and oxygen atoms in total. The van der Waals surface area contributed by atoms with Crippen LogP contribution in [-0.2, 0) is 0 Å². The van der Waals surface area contributed by atoms with Gasteiger partial charge in [0.15, 0.2) is 6.23 Å². The van der Waals surface area contributed by atoms with Crippen molar-refractivity contribution < 1.29 is 9.90 Å². The molecule has 19 heavy (non-hydrogen) atoms. The number of benzene rings is 1. The predicted molar refractivity (Wildman–Crippen MR) is 73.5 cm³/mol. The Labute approximate surface area is 114 Å². The highest BCUT2D eigenvalue weighted by atomic mass is 16.3. The summed E-state index contributed by atoms with van der Waals surface area (Å²) in [5.74, 6) is 1.05. The van der Waals surface area contributed by atoms with Crippen molar-refractivity contribution in [1.29, 1.82) is 0 Å². The van der Waals surface area contributed by atoms with Gasteiger partial charge in [0.25, 0.3) is 5.91 Å². The molecule has 0 aromatic heterocycles. The van der Waals surface area contributed by atoms with E-state index in [2.05, 4.69) is 13.8 Å². The monoisotopic (exact) mass is 259 g/mol. The van der Waals surface area contributed by atoms with Gasteiger partial charge in [-0.25, -0.2) is 0 Å². The molecule has 102 valence electrons. The number of rotatable bonds is 1. The number of fused-ring (bicyclic) bond motifs is 1. The molecule has 0 unspecified atom stereocenters. The Morgan fingerprint density at radius 1 is 1.21 bits per heavy atom. The summed E-state index contributed by atoms with van der Waals surface area (Å²) in [5.41, 5.74) is 1.43.